The van der Waals surface area contributed by atoms with Gasteiger partial charge in [0.2, 0.25) is 5.91 Å². The van der Waals surface area contributed by atoms with Crippen LogP contribution in [0.5, 0.6) is 0 Å². The van der Waals surface area contributed by atoms with Crippen LogP contribution in [-0.2, 0) is 26.8 Å². The Labute approximate surface area is 178 Å². The fourth-order valence-corrected chi connectivity index (χ4v) is 4.47. The van der Waals surface area contributed by atoms with Crippen LogP contribution in [0.15, 0.2) is 54.6 Å². The number of benzene rings is 2. The summed E-state index contributed by atoms with van der Waals surface area (Å²) < 4.78 is 23.0. The number of amides is 2. The molecule has 0 atom stereocenters. The monoisotopic (exact) mass is 428 g/mol. The Bertz CT molecular complexity index is 981. The van der Waals surface area contributed by atoms with E-state index in [-0.39, 0.29) is 17.6 Å². The van der Waals surface area contributed by atoms with Gasteiger partial charge in [-0.2, -0.15) is 0 Å². The molecule has 0 N–H and O–H groups in total. The van der Waals surface area contributed by atoms with E-state index in [1.54, 1.807) is 29.2 Å². The molecule has 7 heteroatoms. The molecule has 2 aromatic carbocycles. The standard InChI is InChI=1S/C23H28N2O4S/c1-30(28,29)18-20-10-5-11-21(17-20)23(27)25-15-13-24(14-16-25)22(26)12-6-9-19-7-3-2-4-8-19/h2-5,7-8,10-11,17H,6,9,12-16,18H2,1H3. The third-order valence-corrected chi connectivity index (χ3v) is 6.08. The molecular weight excluding hydrogens is 400 g/mol. The van der Waals surface area contributed by atoms with Crippen LogP contribution in [0.1, 0.15) is 34.3 Å². The van der Waals surface area contributed by atoms with Crippen molar-refractivity contribution in [1.29, 1.82) is 0 Å². The summed E-state index contributed by atoms with van der Waals surface area (Å²) in [5.41, 5.74) is 2.33. The van der Waals surface area contributed by atoms with Gasteiger partial charge in [0.05, 0.1) is 5.75 Å². The molecule has 30 heavy (non-hydrogen) atoms. The van der Waals surface area contributed by atoms with Crippen molar-refractivity contribution < 1.29 is 18.0 Å². The Kier molecular flexibility index (Phi) is 7.26. The highest BCUT2D eigenvalue weighted by atomic mass is 32.2. The summed E-state index contributed by atoms with van der Waals surface area (Å²) in [5.74, 6) is -0.0750. The van der Waals surface area contributed by atoms with Crippen LogP contribution < -0.4 is 0 Å². The molecule has 0 radical (unpaired) electrons. The average Bonchev–Trinajstić information content (AvgIpc) is 2.73. The zero-order chi connectivity index (χ0) is 21.6. The first-order chi connectivity index (χ1) is 14.3. The molecule has 1 fully saturated rings. The van der Waals surface area contributed by atoms with E-state index in [0.717, 1.165) is 12.8 Å². The van der Waals surface area contributed by atoms with Crippen LogP contribution >= 0.6 is 0 Å². The maximum atomic E-state index is 12.8. The molecule has 0 aromatic heterocycles. The van der Waals surface area contributed by atoms with Gasteiger partial charge >= 0.3 is 0 Å². The summed E-state index contributed by atoms with van der Waals surface area (Å²) in [6.07, 6.45) is 3.39. The lowest BCUT2D eigenvalue weighted by atomic mass is 10.1. The van der Waals surface area contributed by atoms with E-state index in [4.69, 9.17) is 0 Å². The van der Waals surface area contributed by atoms with Gasteiger partial charge in [-0.3, -0.25) is 9.59 Å². The number of piperazine rings is 1. The Morgan fingerprint density at radius 2 is 1.50 bits per heavy atom. The largest absolute Gasteiger partial charge is 0.339 e. The number of nitrogens with zero attached hydrogens (tertiary/aromatic N) is 2. The summed E-state index contributed by atoms with van der Waals surface area (Å²) >= 11 is 0. The molecule has 2 aromatic rings. The predicted molar refractivity (Wildman–Crippen MR) is 117 cm³/mol. The van der Waals surface area contributed by atoms with Gasteiger partial charge < -0.3 is 9.80 Å². The predicted octanol–water partition coefficient (Wildman–Crippen LogP) is 2.54. The summed E-state index contributed by atoms with van der Waals surface area (Å²) in [5, 5.41) is 0. The first kappa shape index (κ1) is 22.0. The minimum Gasteiger partial charge on any atom is -0.339 e. The topological polar surface area (TPSA) is 74.8 Å². The Morgan fingerprint density at radius 1 is 0.867 bits per heavy atom. The summed E-state index contributed by atoms with van der Waals surface area (Å²) in [6, 6.07) is 16.9. The van der Waals surface area contributed by atoms with Crippen molar-refractivity contribution in [2.24, 2.45) is 0 Å². The van der Waals surface area contributed by atoms with Crippen LogP contribution in [0.4, 0.5) is 0 Å². The fourth-order valence-electron chi connectivity index (χ4n) is 3.68. The van der Waals surface area contributed by atoms with Crippen LogP contribution in [-0.4, -0.2) is 62.5 Å². The molecule has 3 rings (SSSR count). The Balaban J connectivity index is 1.48. The lowest BCUT2D eigenvalue weighted by Crippen LogP contribution is -2.50. The van der Waals surface area contributed by atoms with E-state index < -0.39 is 9.84 Å². The first-order valence-corrected chi connectivity index (χ1v) is 12.3. The van der Waals surface area contributed by atoms with Gasteiger partial charge in [-0.1, -0.05) is 42.5 Å². The first-order valence-electron chi connectivity index (χ1n) is 10.2. The van der Waals surface area contributed by atoms with Crippen molar-refractivity contribution >= 4 is 21.7 Å². The molecule has 0 aliphatic carbocycles. The SMILES string of the molecule is CS(=O)(=O)Cc1cccc(C(=O)N2CCN(C(=O)CCCc3ccccc3)CC2)c1. The van der Waals surface area contributed by atoms with Crippen molar-refractivity contribution in [2.75, 3.05) is 32.4 Å². The van der Waals surface area contributed by atoms with Crippen molar-refractivity contribution in [3.05, 3.63) is 71.3 Å². The summed E-state index contributed by atoms with van der Waals surface area (Å²) in [6.45, 7) is 2.02. The molecule has 0 bridgehead atoms. The van der Waals surface area contributed by atoms with E-state index in [9.17, 15) is 18.0 Å². The highest BCUT2D eigenvalue weighted by Crippen LogP contribution is 2.14. The quantitative estimate of drug-likeness (QED) is 0.679. The number of hydrogen-bond acceptors (Lipinski definition) is 4. The van der Waals surface area contributed by atoms with Gasteiger partial charge in [-0.15, -0.1) is 0 Å². The van der Waals surface area contributed by atoms with E-state index in [2.05, 4.69) is 12.1 Å². The number of rotatable bonds is 7. The van der Waals surface area contributed by atoms with Gasteiger partial charge in [-0.25, -0.2) is 8.42 Å². The van der Waals surface area contributed by atoms with Crippen molar-refractivity contribution in [3.63, 3.8) is 0 Å². The molecule has 6 nitrogen and oxygen atoms in total. The van der Waals surface area contributed by atoms with Gasteiger partial charge in [0.15, 0.2) is 9.84 Å². The van der Waals surface area contributed by atoms with Gasteiger partial charge in [0.1, 0.15) is 0 Å². The molecular formula is C23H28N2O4S. The highest BCUT2D eigenvalue weighted by molar-refractivity contribution is 7.89. The van der Waals surface area contributed by atoms with Crippen LogP contribution in [0.25, 0.3) is 0 Å². The second-order valence-corrected chi connectivity index (χ2v) is 9.92. The molecule has 1 heterocycles. The second kappa shape index (κ2) is 9.89. The van der Waals surface area contributed by atoms with Gasteiger partial charge in [0.25, 0.3) is 5.91 Å². The smallest absolute Gasteiger partial charge is 0.253 e. The lowest BCUT2D eigenvalue weighted by molar-refractivity contribution is -0.132. The number of carbonyl (C=O) groups excluding carboxylic acids is 2. The fraction of sp³-hybridized carbons (Fsp3) is 0.391. The number of aryl methyl sites for hydroxylation is 1. The molecule has 0 spiro atoms. The normalized spacial score (nSPS) is 14.6. The van der Waals surface area contributed by atoms with Crippen LogP contribution in [0, 0.1) is 0 Å². The maximum Gasteiger partial charge on any atom is 0.253 e. The third kappa shape index (κ3) is 6.42. The van der Waals surface area contributed by atoms with Crippen molar-refractivity contribution in [2.45, 2.75) is 25.0 Å². The number of carbonyl (C=O) groups is 2. The lowest BCUT2D eigenvalue weighted by Gasteiger charge is -2.35. The van der Waals surface area contributed by atoms with E-state index in [1.165, 1.54) is 11.8 Å². The van der Waals surface area contributed by atoms with Gasteiger partial charge in [-0.05, 0) is 36.1 Å². The molecule has 0 unspecified atom stereocenters. The molecule has 2 amide bonds. The zero-order valence-corrected chi connectivity index (χ0v) is 18.1. The Hall–Kier alpha value is -2.67. The minimum atomic E-state index is -3.16. The third-order valence-electron chi connectivity index (χ3n) is 5.22. The van der Waals surface area contributed by atoms with E-state index in [0.29, 0.717) is 43.7 Å². The zero-order valence-electron chi connectivity index (χ0n) is 17.3. The average molecular weight is 429 g/mol. The molecule has 1 aliphatic heterocycles. The van der Waals surface area contributed by atoms with Crippen LogP contribution in [0.3, 0.4) is 0 Å². The number of hydrogen-bond donors (Lipinski definition) is 0. The maximum absolute atomic E-state index is 12.8. The molecule has 1 saturated heterocycles. The Morgan fingerprint density at radius 3 is 2.17 bits per heavy atom. The molecule has 1 aliphatic rings. The minimum absolute atomic E-state index is 0.0839. The number of sulfone groups is 1. The summed E-state index contributed by atoms with van der Waals surface area (Å²) in [4.78, 5) is 28.8. The molecule has 0 saturated carbocycles. The summed E-state index contributed by atoms with van der Waals surface area (Å²) in [7, 11) is -3.16. The van der Waals surface area contributed by atoms with Crippen molar-refractivity contribution in [3.8, 4) is 0 Å². The van der Waals surface area contributed by atoms with Gasteiger partial charge in [0, 0.05) is 44.4 Å². The second-order valence-electron chi connectivity index (χ2n) is 7.78. The van der Waals surface area contributed by atoms with E-state index in [1.807, 2.05) is 23.1 Å². The van der Waals surface area contributed by atoms with Crippen LogP contribution in [0.2, 0.25) is 0 Å². The highest BCUT2D eigenvalue weighted by Gasteiger charge is 2.24. The van der Waals surface area contributed by atoms with Crippen molar-refractivity contribution in [1.82, 2.24) is 9.80 Å². The molecule has 160 valence electrons. The van der Waals surface area contributed by atoms with E-state index >= 15 is 0 Å².